The highest BCUT2D eigenvalue weighted by atomic mass is 16.7. The summed E-state index contributed by atoms with van der Waals surface area (Å²) in [5, 5.41) is 72.4. The second kappa shape index (κ2) is 48.2. The fourth-order valence-corrected chi connectivity index (χ4v) is 10.5. The molecule has 15 heteroatoms. The Bertz CT molecular complexity index is 1320. The summed E-state index contributed by atoms with van der Waals surface area (Å²) in [7, 11) is 0. The monoisotopic (exact) mass is 1090 g/mol. The lowest BCUT2D eigenvalue weighted by atomic mass is 9.98. The third-order valence-electron chi connectivity index (χ3n) is 15.6. The van der Waals surface area contributed by atoms with Crippen molar-refractivity contribution in [1.29, 1.82) is 0 Å². The van der Waals surface area contributed by atoms with E-state index in [1.807, 2.05) is 0 Å². The van der Waals surface area contributed by atoms with Crippen molar-refractivity contribution in [1.82, 2.24) is 0 Å². The van der Waals surface area contributed by atoms with E-state index in [0.29, 0.717) is 12.8 Å². The van der Waals surface area contributed by atoms with Crippen molar-refractivity contribution in [2.24, 2.45) is 0 Å². The lowest BCUT2D eigenvalue weighted by molar-refractivity contribution is -0.332. The standard InChI is InChI=1S/C61H116O15/c1-3-5-7-9-11-13-15-17-19-21-23-25-27-29-31-33-35-37-39-41-43-52(63)71-46-49(74-53(64)44-42-40-38-36-34-32-30-28-26-24-22-20-18-16-14-12-10-8-6-4-2)47-72-60-59(70)57(68)55(66)51(76-60)48-73-61-58(69)56(67)54(65)50(45-62)75-61/h49-51,54-62,65-70H,3-48H2,1-2H3. The number of carbonyl (C=O) groups is 2. The molecule has 0 aromatic carbocycles. The van der Waals surface area contributed by atoms with Crippen LogP contribution in [0.4, 0.5) is 0 Å². The summed E-state index contributed by atoms with van der Waals surface area (Å²) in [4.78, 5) is 26.0. The molecule has 15 nitrogen and oxygen atoms in total. The topological polar surface area (TPSA) is 231 Å². The Labute approximate surface area is 461 Å². The second-order valence-electron chi connectivity index (χ2n) is 22.6. The van der Waals surface area contributed by atoms with Gasteiger partial charge in [-0.1, -0.05) is 258 Å². The molecular formula is C61H116O15. The van der Waals surface area contributed by atoms with Crippen LogP contribution in [0.3, 0.4) is 0 Å². The highest BCUT2D eigenvalue weighted by Crippen LogP contribution is 2.27. The summed E-state index contributed by atoms with van der Waals surface area (Å²) in [5.74, 6) is -0.900. The molecule has 0 amide bonds. The fraction of sp³-hybridized carbons (Fsp3) is 0.967. The van der Waals surface area contributed by atoms with Gasteiger partial charge in [-0.25, -0.2) is 0 Å². The number of carbonyl (C=O) groups excluding carboxylic acids is 2. The summed E-state index contributed by atoms with van der Waals surface area (Å²) in [6.45, 7) is 2.68. The summed E-state index contributed by atoms with van der Waals surface area (Å²) in [6.07, 6.45) is 34.1. The van der Waals surface area contributed by atoms with E-state index in [9.17, 15) is 45.3 Å². The van der Waals surface area contributed by atoms with Gasteiger partial charge < -0.3 is 64.2 Å². The van der Waals surface area contributed by atoms with Crippen LogP contribution < -0.4 is 0 Å². The molecule has 0 saturated carbocycles. The largest absolute Gasteiger partial charge is 0.462 e. The van der Waals surface area contributed by atoms with Crippen molar-refractivity contribution in [3.8, 4) is 0 Å². The smallest absolute Gasteiger partial charge is 0.306 e. The van der Waals surface area contributed by atoms with Gasteiger partial charge in [0.1, 0.15) is 55.4 Å². The Kier molecular flexibility index (Phi) is 44.8. The molecule has 11 atom stereocenters. The predicted molar refractivity (Wildman–Crippen MR) is 298 cm³/mol. The molecule has 2 rings (SSSR count). The Morgan fingerprint density at radius 1 is 0.368 bits per heavy atom. The molecule has 0 radical (unpaired) electrons. The number of hydrogen-bond acceptors (Lipinski definition) is 15. The van der Waals surface area contributed by atoms with Crippen LogP contribution in [0.25, 0.3) is 0 Å². The van der Waals surface area contributed by atoms with Gasteiger partial charge >= 0.3 is 11.9 Å². The maximum absolute atomic E-state index is 13.1. The molecular weight excluding hydrogens is 973 g/mol. The van der Waals surface area contributed by atoms with E-state index in [1.165, 1.54) is 205 Å². The number of hydrogen-bond donors (Lipinski definition) is 7. The van der Waals surface area contributed by atoms with Crippen LogP contribution in [-0.4, -0.2) is 142 Å². The molecule has 0 aromatic heterocycles. The van der Waals surface area contributed by atoms with Crippen LogP contribution in [0.15, 0.2) is 0 Å². The predicted octanol–water partition coefficient (Wildman–Crippen LogP) is 11.5. The minimum Gasteiger partial charge on any atom is -0.462 e. The zero-order valence-electron chi connectivity index (χ0n) is 48.3. The zero-order chi connectivity index (χ0) is 55.3. The summed E-state index contributed by atoms with van der Waals surface area (Å²) in [6, 6.07) is 0. The summed E-state index contributed by atoms with van der Waals surface area (Å²) >= 11 is 0. The van der Waals surface area contributed by atoms with Crippen molar-refractivity contribution in [2.75, 3.05) is 26.4 Å². The van der Waals surface area contributed by atoms with Crippen molar-refractivity contribution in [3.63, 3.8) is 0 Å². The fourth-order valence-electron chi connectivity index (χ4n) is 10.5. The highest BCUT2D eigenvalue weighted by molar-refractivity contribution is 5.70. The normalized spacial score (nSPS) is 24.2. The molecule has 2 aliphatic heterocycles. The third kappa shape index (κ3) is 34.6. The second-order valence-corrected chi connectivity index (χ2v) is 22.6. The van der Waals surface area contributed by atoms with Gasteiger partial charge in [0.25, 0.3) is 0 Å². The molecule has 2 saturated heterocycles. The number of ether oxygens (including phenoxy) is 6. The number of esters is 2. The molecule has 11 unspecified atom stereocenters. The SMILES string of the molecule is CCCCCCCCCCCCCCCCCCCCCCC(=O)OCC(COC1OC(COC2OC(CO)C(O)C(O)C2O)C(O)C(O)C1O)OC(=O)CCCCCCCCCCCCCCCCCCCCCC. The lowest BCUT2D eigenvalue weighted by Gasteiger charge is -2.42. The molecule has 76 heavy (non-hydrogen) atoms. The van der Waals surface area contributed by atoms with Crippen LogP contribution in [-0.2, 0) is 38.0 Å². The lowest BCUT2D eigenvalue weighted by Crippen LogP contribution is -2.61. The Morgan fingerprint density at radius 3 is 1.03 bits per heavy atom. The van der Waals surface area contributed by atoms with Crippen LogP contribution in [0, 0.1) is 0 Å². The van der Waals surface area contributed by atoms with Crippen molar-refractivity contribution in [3.05, 3.63) is 0 Å². The molecule has 0 aliphatic carbocycles. The van der Waals surface area contributed by atoms with Gasteiger partial charge in [-0.3, -0.25) is 9.59 Å². The van der Waals surface area contributed by atoms with E-state index in [2.05, 4.69) is 13.8 Å². The van der Waals surface area contributed by atoms with Crippen LogP contribution in [0.1, 0.15) is 284 Å². The Morgan fingerprint density at radius 2 is 0.671 bits per heavy atom. The zero-order valence-corrected chi connectivity index (χ0v) is 48.3. The minimum absolute atomic E-state index is 0.174. The van der Waals surface area contributed by atoms with Gasteiger partial charge in [-0.15, -0.1) is 0 Å². The first-order valence-corrected chi connectivity index (χ1v) is 31.6. The van der Waals surface area contributed by atoms with Gasteiger partial charge in [0.05, 0.1) is 19.8 Å². The van der Waals surface area contributed by atoms with Gasteiger partial charge in [0.2, 0.25) is 0 Å². The quantitative estimate of drug-likeness (QED) is 0.0222. The van der Waals surface area contributed by atoms with Gasteiger partial charge in [-0.05, 0) is 12.8 Å². The summed E-state index contributed by atoms with van der Waals surface area (Å²) < 4.78 is 33.8. The highest BCUT2D eigenvalue weighted by Gasteiger charge is 2.47. The maximum atomic E-state index is 13.1. The van der Waals surface area contributed by atoms with Crippen molar-refractivity contribution >= 4 is 11.9 Å². The average molecular weight is 1090 g/mol. The van der Waals surface area contributed by atoms with Crippen LogP contribution in [0.5, 0.6) is 0 Å². The van der Waals surface area contributed by atoms with Gasteiger partial charge in [-0.2, -0.15) is 0 Å². The first-order chi connectivity index (χ1) is 37.0. The minimum atomic E-state index is -1.76. The molecule has 0 spiro atoms. The number of aliphatic hydroxyl groups is 7. The molecule has 450 valence electrons. The van der Waals surface area contributed by atoms with Crippen molar-refractivity contribution < 1.29 is 73.8 Å². The van der Waals surface area contributed by atoms with E-state index in [0.717, 1.165) is 38.5 Å². The molecule has 0 bridgehead atoms. The maximum Gasteiger partial charge on any atom is 0.306 e. The summed E-state index contributed by atoms with van der Waals surface area (Å²) in [5.41, 5.74) is 0. The average Bonchev–Trinajstić information content (AvgIpc) is 3.42. The number of unbranched alkanes of at least 4 members (excludes halogenated alkanes) is 38. The first-order valence-electron chi connectivity index (χ1n) is 31.6. The van der Waals surface area contributed by atoms with Crippen LogP contribution in [0.2, 0.25) is 0 Å². The van der Waals surface area contributed by atoms with E-state index in [4.69, 9.17) is 28.4 Å². The van der Waals surface area contributed by atoms with Gasteiger partial charge in [0.15, 0.2) is 18.7 Å². The van der Waals surface area contributed by atoms with Gasteiger partial charge in [0, 0.05) is 12.8 Å². The molecule has 2 heterocycles. The van der Waals surface area contributed by atoms with E-state index in [1.54, 1.807) is 0 Å². The van der Waals surface area contributed by atoms with E-state index >= 15 is 0 Å². The Hall–Kier alpha value is -1.50. The first kappa shape index (κ1) is 70.6. The Balaban J connectivity index is 1.71. The number of rotatable bonds is 52. The molecule has 2 fully saturated rings. The van der Waals surface area contributed by atoms with Crippen molar-refractivity contribution in [2.45, 2.75) is 351 Å². The molecule has 7 N–H and O–H groups in total. The third-order valence-corrected chi connectivity index (χ3v) is 15.6. The molecule has 0 aromatic rings. The van der Waals surface area contributed by atoms with E-state index < -0.39 is 92.7 Å². The van der Waals surface area contributed by atoms with Crippen LogP contribution >= 0.6 is 0 Å². The number of aliphatic hydroxyl groups excluding tert-OH is 7. The van der Waals surface area contributed by atoms with E-state index in [-0.39, 0.29) is 26.1 Å². The molecule has 2 aliphatic rings.